The molecule has 6 nitrogen and oxygen atoms in total. The van der Waals surface area contributed by atoms with Crippen LogP contribution in [0.5, 0.6) is 0 Å². The van der Waals surface area contributed by atoms with Gasteiger partial charge in [0.05, 0.1) is 11.5 Å². The Kier molecular flexibility index (Phi) is 7.14. The molecule has 178 valence electrons. The van der Waals surface area contributed by atoms with E-state index in [1.807, 2.05) is 25.9 Å². The number of nitrogens with one attached hydrogen (secondary N) is 1. The first kappa shape index (κ1) is 24.7. The molecule has 2 unspecified atom stereocenters. The molecule has 0 saturated carbocycles. The van der Waals surface area contributed by atoms with Crippen LogP contribution in [0.3, 0.4) is 0 Å². The number of anilines is 1. The molecular formula is C24H27F3N3O3-. The van der Waals surface area contributed by atoms with E-state index in [0.29, 0.717) is 12.1 Å². The molecular weight excluding hydrogens is 435 g/mol. The molecule has 1 saturated heterocycles. The summed E-state index contributed by atoms with van der Waals surface area (Å²) < 4.78 is 41.6. The number of carbonyl (C=O) groups is 2. The highest BCUT2D eigenvalue weighted by Gasteiger charge is 2.37. The summed E-state index contributed by atoms with van der Waals surface area (Å²) in [7, 11) is 3.92. The molecule has 1 N–H and O–H groups in total. The van der Waals surface area contributed by atoms with Crippen LogP contribution in [0, 0.1) is 6.92 Å². The van der Waals surface area contributed by atoms with Crippen LogP contribution < -0.4 is 10.4 Å². The SMILES string of the molecule is Cc1ccc(NC(=O)c2ccc(CN3CCC(N(C)C)C3C)c(C(F)(F)F)c2)cc1C(=O)[O-]. The average molecular weight is 462 g/mol. The Balaban J connectivity index is 1.84. The average Bonchev–Trinajstić information content (AvgIpc) is 3.09. The molecule has 0 spiro atoms. The second-order valence-electron chi connectivity index (χ2n) is 8.67. The summed E-state index contributed by atoms with van der Waals surface area (Å²) in [6, 6.07) is 8.11. The number of benzene rings is 2. The van der Waals surface area contributed by atoms with Crippen molar-refractivity contribution in [2.45, 2.75) is 45.1 Å². The third-order valence-electron chi connectivity index (χ3n) is 6.27. The molecule has 1 fully saturated rings. The van der Waals surface area contributed by atoms with E-state index in [4.69, 9.17) is 0 Å². The lowest BCUT2D eigenvalue weighted by Crippen LogP contribution is -2.39. The van der Waals surface area contributed by atoms with E-state index in [-0.39, 0.29) is 41.0 Å². The molecule has 9 heteroatoms. The molecule has 1 aliphatic heterocycles. The number of likely N-dealkylation sites (tertiary alicyclic amines) is 1. The van der Waals surface area contributed by atoms with E-state index < -0.39 is 23.6 Å². The molecule has 3 rings (SSSR count). The number of amides is 1. The number of carbonyl (C=O) groups excluding carboxylic acids is 2. The van der Waals surface area contributed by atoms with Crippen molar-refractivity contribution in [2.75, 3.05) is 26.0 Å². The van der Waals surface area contributed by atoms with Crippen molar-refractivity contribution < 1.29 is 27.9 Å². The lowest BCUT2D eigenvalue weighted by Gasteiger charge is -2.29. The predicted molar refractivity (Wildman–Crippen MR) is 117 cm³/mol. The fourth-order valence-corrected chi connectivity index (χ4v) is 4.36. The number of rotatable bonds is 6. The van der Waals surface area contributed by atoms with E-state index in [1.165, 1.54) is 30.3 Å². The second kappa shape index (κ2) is 9.52. The Hall–Kier alpha value is -2.91. The number of carboxylic acids is 1. The van der Waals surface area contributed by atoms with E-state index in [2.05, 4.69) is 10.2 Å². The van der Waals surface area contributed by atoms with Crippen LogP contribution in [-0.4, -0.2) is 54.4 Å². The predicted octanol–water partition coefficient (Wildman–Crippen LogP) is 3.15. The van der Waals surface area contributed by atoms with E-state index in [1.54, 1.807) is 6.92 Å². The molecule has 33 heavy (non-hydrogen) atoms. The van der Waals surface area contributed by atoms with Crippen LogP contribution in [0.2, 0.25) is 0 Å². The maximum atomic E-state index is 13.9. The topological polar surface area (TPSA) is 75.7 Å². The summed E-state index contributed by atoms with van der Waals surface area (Å²) in [4.78, 5) is 27.9. The van der Waals surface area contributed by atoms with Crippen molar-refractivity contribution in [3.8, 4) is 0 Å². The van der Waals surface area contributed by atoms with Gasteiger partial charge in [0.2, 0.25) is 0 Å². The fourth-order valence-electron chi connectivity index (χ4n) is 4.36. The summed E-state index contributed by atoms with van der Waals surface area (Å²) in [6.45, 7) is 4.41. The Morgan fingerprint density at radius 3 is 2.45 bits per heavy atom. The third kappa shape index (κ3) is 5.54. The fraction of sp³-hybridized carbons (Fsp3) is 0.417. The van der Waals surface area contributed by atoms with Crippen LogP contribution in [0.15, 0.2) is 36.4 Å². The summed E-state index contributed by atoms with van der Waals surface area (Å²) in [6.07, 6.45) is -3.75. The molecule has 0 radical (unpaired) electrons. The normalized spacial score (nSPS) is 19.2. The minimum Gasteiger partial charge on any atom is -0.545 e. The van der Waals surface area contributed by atoms with Gasteiger partial charge in [0.1, 0.15) is 0 Å². The minimum absolute atomic E-state index is 0.100. The Labute approximate surface area is 191 Å². The highest BCUT2D eigenvalue weighted by atomic mass is 19.4. The minimum atomic E-state index is -4.62. The zero-order chi connectivity index (χ0) is 24.5. The zero-order valence-corrected chi connectivity index (χ0v) is 19.0. The van der Waals surface area contributed by atoms with Gasteiger partial charge >= 0.3 is 6.18 Å². The smallest absolute Gasteiger partial charge is 0.416 e. The lowest BCUT2D eigenvalue weighted by atomic mass is 10.0. The molecule has 1 amide bonds. The quantitative estimate of drug-likeness (QED) is 0.714. The van der Waals surface area contributed by atoms with E-state index in [9.17, 15) is 27.9 Å². The Morgan fingerprint density at radius 2 is 1.88 bits per heavy atom. The number of aryl methyl sites for hydroxylation is 1. The maximum Gasteiger partial charge on any atom is 0.416 e. The number of alkyl halides is 3. The Bertz CT molecular complexity index is 1050. The lowest BCUT2D eigenvalue weighted by molar-refractivity contribution is -0.255. The molecule has 1 aliphatic rings. The van der Waals surface area contributed by atoms with Gasteiger partial charge in [-0.3, -0.25) is 9.69 Å². The van der Waals surface area contributed by atoms with Crippen molar-refractivity contribution in [2.24, 2.45) is 0 Å². The van der Waals surface area contributed by atoms with Gasteiger partial charge in [-0.15, -0.1) is 0 Å². The molecule has 0 bridgehead atoms. The molecule has 2 aromatic carbocycles. The maximum absolute atomic E-state index is 13.9. The number of hydrogen-bond acceptors (Lipinski definition) is 5. The second-order valence-corrected chi connectivity index (χ2v) is 8.67. The standard InChI is InChI=1S/C24H28F3N3O3/c1-14-5-8-18(12-19(14)23(32)33)28-22(31)16-6-7-17(20(11-16)24(25,26)27)13-30-10-9-21(15(30)2)29(3)4/h5-8,11-12,15,21H,9-10,13H2,1-4H3,(H,28,31)(H,32,33)/p-1. The van der Waals surface area contributed by atoms with Crippen LogP contribution >= 0.6 is 0 Å². The number of hydrogen-bond donors (Lipinski definition) is 1. The molecule has 0 aliphatic carbocycles. The zero-order valence-electron chi connectivity index (χ0n) is 19.0. The van der Waals surface area contributed by atoms with E-state index in [0.717, 1.165) is 12.5 Å². The number of likely N-dealkylation sites (N-methyl/N-ethyl adjacent to an activating group) is 1. The van der Waals surface area contributed by atoms with Gasteiger partial charge in [-0.25, -0.2) is 0 Å². The van der Waals surface area contributed by atoms with Crippen molar-refractivity contribution in [3.63, 3.8) is 0 Å². The van der Waals surface area contributed by atoms with Crippen LogP contribution in [-0.2, 0) is 12.7 Å². The van der Waals surface area contributed by atoms with Gasteiger partial charge in [-0.05, 0) is 69.8 Å². The van der Waals surface area contributed by atoms with Gasteiger partial charge in [0.25, 0.3) is 5.91 Å². The number of carboxylic acid groups (broad SMARTS) is 1. The molecule has 0 aromatic heterocycles. The van der Waals surface area contributed by atoms with Gasteiger partial charge < -0.3 is 20.1 Å². The highest BCUT2D eigenvalue weighted by molar-refractivity contribution is 6.05. The summed E-state index contributed by atoms with van der Waals surface area (Å²) in [5.74, 6) is -2.16. The molecule has 2 atom stereocenters. The molecule has 2 aromatic rings. The third-order valence-corrected chi connectivity index (χ3v) is 6.27. The highest BCUT2D eigenvalue weighted by Crippen LogP contribution is 2.35. The van der Waals surface area contributed by atoms with E-state index >= 15 is 0 Å². The monoisotopic (exact) mass is 462 g/mol. The number of nitrogens with zero attached hydrogens (tertiary/aromatic N) is 2. The summed E-state index contributed by atoms with van der Waals surface area (Å²) in [5, 5.41) is 13.7. The number of aromatic carboxylic acids is 1. The van der Waals surface area contributed by atoms with Crippen LogP contribution in [0.1, 0.15) is 50.8 Å². The first-order valence-corrected chi connectivity index (χ1v) is 10.6. The largest absolute Gasteiger partial charge is 0.545 e. The Morgan fingerprint density at radius 1 is 1.18 bits per heavy atom. The van der Waals surface area contributed by atoms with Crippen LogP contribution in [0.4, 0.5) is 18.9 Å². The van der Waals surface area contributed by atoms with Crippen molar-refractivity contribution >= 4 is 17.6 Å². The van der Waals surface area contributed by atoms with Crippen molar-refractivity contribution in [1.82, 2.24) is 9.80 Å². The van der Waals surface area contributed by atoms with Crippen molar-refractivity contribution in [1.29, 1.82) is 0 Å². The van der Waals surface area contributed by atoms with Gasteiger partial charge in [-0.1, -0.05) is 12.1 Å². The van der Waals surface area contributed by atoms with Gasteiger partial charge in [0, 0.05) is 42.0 Å². The van der Waals surface area contributed by atoms with Crippen LogP contribution in [0.25, 0.3) is 0 Å². The summed E-state index contributed by atoms with van der Waals surface area (Å²) in [5.41, 5.74) is -0.403. The first-order valence-electron chi connectivity index (χ1n) is 10.6. The van der Waals surface area contributed by atoms with Crippen molar-refractivity contribution in [3.05, 3.63) is 64.2 Å². The van der Waals surface area contributed by atoms with Gasteiger partial charge in [-0.2, -0.15) is 13.2 Å². The summed E-state index contributed by atoms with van der Waals surface area (Å²) >= 11 is 0. The molecule has 1 heterocycles. The number of halogens is 3. The van der Waals surface area contributed by atoms with Gasteiger partial charge in [0.15, 0.2) is 0 Å². The first-order chi connectivity index (χ1) is 15.4.